The molecule has 3 aliphatic heterocycles. The van der Waals surface area contributed by atoms with E-state index in [4.69, 9.17) is 30.9 Å². The second-order valence-electron chi connectivity index (χ2n) is 7.56. The fraction of sp³-hybridized carbons (Fsp3) is 0.208. The Labute approximate surface area is 179 Å². The van der Waals surface area contributed by atoms with Gasteiger partial charge >= 0.3 is 0 Å². The molecule has 5 nitrogen and oxygen atoms in total. The first-order chi connectivity index (χ1) is 14.8. The number of hydrogen-bond donors (Lipinski definition) is 0. The van der Waals surface area contributed by atoms with Crippen LogP contribution in [0.5, 0.6) is 17.2 Å². The average molecular weight is 419 g/mol. The zero-order valence-corrected chi connectivity index (χ0v) is 16.9. The van der Waals surface area contributed by atoms with E-state index in [1.807, 2.05) is 54.6 Å². The molecule has 0 saturated heterocycles. The molecule has 30 heavy (non-hydrogen) atoms. The van der Waals surface area contributed by atoms with Gasteiger partial charge in [0.15, 0.2) is 11.5 Å². The lowest BCUT2D eigenvalue weighted by molar-refractivity contribution is -0.0190. The summed E-state index contributed by atoms with van der Waals surface area (Å²) in [5, 5.41) is 7.77. The van der Waals surface area contributed by atoms with Crippen molar-refractivity contribution in [1.29, 1.82) is 0 Å². The summed E-state index contributed by atoms with van der Waals surface area (Å²) in [7, 11) is 0. The van der Waals surface area contributed by atoms with Crippen LogP contribution in [0.15, 0.2) is 71.8 Å². The monoisotopic (exact) mass is 418 g/mol. The molecule has 0 bridgehead atoms. The van der Waals surface area contributed by atoms with Gasteiger partial charge in [-0.25, -0.2) is 5.01 Å². The van der Waals surface area contributed by atoms with Crippen molar-refractivity contribution in [3.05, 3.63) is 88.4 Å². The highest BCUT2D eigenvalue weighted by atomic mass is 35.5. The summed E-state index contributed by atoms with van der Waals surface area (Å²) in [4.78, 5) is 0. The van der Waals surface area contributed by atoms with Gasteiger partial charge in [-0.15, -0.1) is 0 Å². The number of hydrazone groups is 1. The number of fused-ring (bicyclic) bond motifs is 4. The number of halogens is 1. The van der Waals surface area contributed by atoms with Gasteiger partial charge in [0.1, 0.15) is 19.0 Å². The molecule has 0 fully saturated rings. The second kappa shape index (κ2) is 6.96. The molecule has 6 rings (SSSR count). The Hall–Kier alpha value is -3.18. The third-order valence-corrected chi connectivity index (χ3v) is 5.98. The maximum absolute atomic E-state index is 6.38. The maximum atomic E-state index is 6.38. The van der Waals surface area contributed by atoms with E-state index in [0.29, 0.717) is 18.2 Å². The Balaban J connectivity index is 1.41. The molecule has 2 atom stereocenters. The smallest absolute Gasteiger partial charge is 0.213 e. The van der Waals surface area contributed by atoms with Crippen molar-refractivity contribution < 1.29 is 14.2 Å². The number of benzene rings is 3. The second-order valence-corrected chi connectivity index (χ2v) is 8.00. The number of ether oxygens (including phenoxy) is 3. The average Bonchev–Trinajstić information content (AvgIpc) is 3.25. The third kappa shape index (κ3) is 2.89. The molecular weight excluding hydrogens is 400 g/mol. The van der Waals surface area contributed by atoms with Crippen LogP contribution in [0.1, 0.15) is 35.4 Å². The zero-order chi connectivity index (χ0) is 20.1. The fourth-order valence-electron chi connectivity index (χ4n) is 4.28. The van der Waals surface area contributed by atoms with Gasteiger partial charge in [0.2, 0.25) is 6.23 Å². The van der Waals surface area contributed by atoms with Crippen LogP contribution in [0.2, 0.25) is 5.02 Å². The topological polar surface area (TPSA) is 43.3 Å². The molecule has 3 aromatic carbocycles. The van der Waals surface area contributed by atoms with Crippen molar-refractivity contribution in [3.8, 4) is 17.2 Å². The molecule has 3 aromatic rings. The Morgan fingerprint density at radius 3 is 2.53 bits per heavy atom. The van der Waals surface area contributed by atoms with Crippen LogP contribution in [-0.2, 0) is 0 Å². The van der Waals surface area contributed by atoms with Crippen LogP contribution >= 0.6 is 11.6 Å². The van der Waals surface area contributed by atoms with Crippen molar-refractivity contribution in [1.82, 2.24) is 5.01 Å². The van der Waals surface area contributed by atoms with E-state index in [0.717, 1.165) is 46.1 Å². The first-order valence-electron chi connectivity index (χ1n) is 10.0. The van der Waals surface area contributed by atoms with Gasteiger partial charge in [0, 0.05) is 28.1 Å². The quantitative estimate of drug-likeness (QED) is 0.562. The van der Waals surface area contributed by atoms with Gasteiger partial charge in [0.25, 0.3) is 0 Å². The number of para-hydroxylation sites is 1. The molecular formula is C24H19ClN2O3. The minimum Gasteiger partial charge on any atom is -0.486 e. The minimum absolute atomic E-state index is 0.110. The Morgan fingerprint density at radius 2 is 1.67 bits per heavy atom. The summed E-state index contributed by atoms with van der Waals surface area (Å²) in [6.07, 6.45) is 0.487. The molecule has 0 saturated carbocycles. The molecule has 0 unspecified atom stereocenters. The lowest BCUT2D eigenvalue weighted by Gasteiger charge is -2.38. The van der Waals surface area contributed by atoms with Crippen LogP contribution < -0.4 is 14.2 Å². The van der Waals surface area contributed by atoms with E-state index >= 15 is 0 Å². The molecule has 150 valence electrons. The van der Waals surface area contributed by atoms with Gasteiger partial charge in [-0.1, -0.05) is 41.9 Å². The molecule has 0 amide bonds. The van der Waals surface area contributed by atoms with Gasteiger partial charge < -0.3 is 14.2 Å². The van der Waals surface area contributed by atoms with Crippen molar-refractivity contribution in [3.63, 3.8) is 0 Å². The Morgan fingerprint density at radius 1 is 0.867 bits per heavy atom. The summed E-state index contributed by atoms with van der Waals surface area (Å²) >= 11 is 6.10. The lowest BCUT2D eigenvalue weighted by Crippen LogP contribution is -2.33. The predicted octanol–water partition coefficient (Wildman–Crippen LogP) is 5.35. The summed E-state index contributed by atoms with van der Waals surface area (Å²) < 4.78 is 17.8. The van der Waals surface area contributed by atoms with E-state index in [1.165, 1.54) is 0 Å². The minimum atomic E-state index is -0.308. The van der Waals surface area contributed by atoms with Crippen molar-refractivity contribution in [2.45, 2.75) is 18.7 Å². The van der Waals surface area contributed by atoms with Crippen LogP contribution in [0.4, 0.5) is 0 Å². The van der Waals surface area contributed by atoms with Crippen molar-refractivity contribution >= 4 is 17.3 Å². The summed E-state index contributed by atoms with van der Waals surface area (Å²) in [5.74, 6) is 2.46. The molecule has 0 N–H and O–H groups in total. The first-order valence-corrected chi connectivity index (χ1v) is 10.4. The largest absolute Gasteiger partial charge is 0.486 e. The van der Waals surface area contributed by atoms with Gasteiger partial charge in [-0.05, 0) is 36.4 Å². The first kappa shape index (κ1) is 17.7. The highest BCUT2D eigenvalue weighted by Gasteiger charge is 2.41. The summed E-state index contributed by atoms with van der Waals surface area (Å²) in [5.41, 5.74) is 4.22. The Bertz CT molecular complexity index is 1150. The van der Waals surface area contributed by atoms with Crippen molar-refractivity contribution in [2.75, 3.05) is 13.2 Å². The van der Waals surface area contributed by atoms with Crippen LogP contribution in [0.3, 0.4) is 0 Å². The molecule has 6 heteroatoms. The predicted molar refractivity (Wildman–Crippen MR) is 114 cm³/mol. The number of nitrogens with zero attached hydrogens (tertiary/aromatic N) is 2. The van der Waals surface area contributed by atoms with Gasteiger partial charge in [0.05, 0.1) is 11.8 Å². The highest BCUT2D eigenvalue weighted by molar-refractivity contribution is 6.30. The van der Waals surface area contributed by atoms with Crippen molar-refractivity contribution in [2.24, 2.45) is 5.10 Å². The van der Waals surface area contributed by atoms with Crippen LogP contribution in [0, 0.1) is 0 Å². The molecule has 3 aliphatic rings. The van der Waals surface area contributed by atoms with E-state index < -0.39 is 0 Å². The van der Waals surface area contributed by atoms with Gasteiger partial charge in [-0.3, -0.25) is 0 Å². The molecule has 0 spiro atoms. The molecule has 0 radical (unpaired) electrons. The van der Waals surface area contributed by atoms with E-state index in [1.54, 1.807) is 0 Å². The Kier molecular flexibility index (Phi) is 4.09. The lowest BCUT2D eigenvalue weighted by atomic mass is 9.96. The zero-order valence-electron chi connectivity index (χ0n) is 16.1. The number of hydrogen-bond acceptors (Lipinski definition) is 5. The standard InChI is InChI=1S/C24H19ClN2O3/c25-17-8-5-15(6-9-17)24-27-20(18-3-1-2-4-21(18)30-24)14-19(26-27)16-7-10-22-23(13-16)29-12-11-28-22/h1-10,13,20,24H,11-12,14H2/t20-,24+/m0/s1. The fourth-order valence-corrected chi connectivity index (χ4v) is 4.40. The van der Waals surface area contributed by atoms with E-state index in [2.05, 4.69) is 17.1 Å². The third-order valence-electron chi connectivity index (χ3n) is 5.73. The molecule has 0 aliphatic carbocycles. The SMILES string of the molecule is Clc1ccc([C@H]2Oc3ccccc3[C@@H]3CC(c4ccc5c(c4)OCCO5)=NN23)cc1. The highest BCUT2D eigenvalue weighted by Crippen LogP contribution is 2.47. The van der Waals surface area contributed by atoms with E-state index in [9.17, 15) is 0 Å². The number of rotatable bonds is 2. The van der Waals surface area contributed by atoms with E-state index in [-0.39, 0.29) is 12.3 Å². The summed E-state index contributed by atoms with van der Waals surface area (Å²) in [6.45, 7) is 1.15. The van der Waals surface area contributed by atoms with Crippen LogP contribution in [-0.4, -0.2) is 23.9 Å². The van der Waals surface area contributed by atoms with Gasteiger partial charge in [-0.2, -0.15) is 5.10 Å². The van der Waals surface area contributed by atoms with Crippen LogP contribution in [0.25, 0.3) is 0 Å². The normalized spacial score (nSPS) is 21.4. The maximum Gasteiger partial charge on any atom is 0.213 e. The molecule has 3 heterocycles. The summed E-state index contributed by atoms with van der Waals surface area (Å²) in [6, 6.07) is 22.1. The molecule has 0 aromatic heterocycles.